The van der Waals surface area contributed by atoms with Gasteiger partial charge in [-0.3, -0.25) is 0 Å². The Balaban J connectivity index is 2.60. The fourth-order valence-corrected chi connectivity index (χ4v) is 1.95. The monoisotopic (exact) mass is 247 g/mol. The second kappa shape index (κ2) is 4.57. The van der Waals surface area contributed by atoms with Crippen LogP contribution in [0.5, 0.6) is 0 Å². The largest absolute Gasteiger partial charge is 0.192 e. The Labute approximate surface area is 104 Å². The fraction of sp³-hybridized carbons (Fsp3) is 0. The predicted octanol–water partition coefficient (Wildman–Crippen LogP) is 4.53. The van der Waals surface area contributed by atoms with Gasteiger partial charge in [0.1, 0.15) is 6.07 Å². The van der Waals surface area contributed by atoms with E-state index in [-0.39, 0.29) is 0 Å². The van der Waals surface area contributed by atoms with Gasteiger partial charge in [-0.15, -0.1) is 0 Å². The summed E-state index contributed by atoms with van der Waals surface area (Å²) in [5, 5.41) is 9.77. The Morgan fingerprint density at radius 2 is 1.62 bits per heavy atom. The van der Waals surface area contributed by atoms with Crippen molar-refractivity contribution in [1.82, 2.24) is 0 Å². The van der Waals surface area contributed by atoms with E-state index in [1.165, 1.54) is 0 Å². The number of halogens is 2. The number of benzene rings is 2. The predicted molar refractivity (Wildman–Crippen MR) is 66.6 cm³/mol. The van der Waals surface area contributed by atoms with Crippen molar-refractivity contribution in [2.45, 2.75) is 0 Å². The topological polar surface area (TPSA) is 23.8 Å². The van der Waals surface area contributed by atoms with Gasteiger partial charge in [-0.25, -0.2) is 0 Å². The molecule has 1 nitrogen and oxygen atoms in total. The minimum absolute atomic E-state index is 0.395. The van der Waals surface area contributed by atoms with Crippen LogP contribution < -0.4 is 0 Å². The van der Waals surface area contributed by atoms with Crippen LogP contribution in [0.25, 0.3) is 11.1 Å². The van der Waals surface area contributed by atoms with Crippen molar-refractivity contribution < 1.29 is 0 Å². The van der Waals surface area contributed by atoms with Crippen LogP contribution in [0.1, 0.15) is 5.56 Å². The molecule has 0 fully saturated rings. The van der Waals surface area contributed by atoms with Crippen molar-refractivity contribution >= 4 is 23.2 Å². The molecule has 2 aromatic carbocycles. The van der Waals surface area contributed by atoms with Crippen molar-refractivity contribution in [3.8, 4) is 17.2 Å². The molecule has 0 saturated heterocycles. The van der Waals surface area contributed by atoms with E-state index < -0.39 is 0 Å². The lowest BCUT2D eigenvalue weighted by Crippen LogP contribution is -1.83. The molecule has 3 heteroatoms. The van der Waals surface area contributed by atoms with Crippen LogP contribution >= 0.6 is 23.2 Å². The summed E-state index contributed by atoms with van der Waals surface area (Å²) in [4.78, 5) is 0. The van der Waals surface area contributed by atoms with Gasteiger partial charge in [-0.1, -0.05) is 53.5 Å². The van der Waals surface area contributed by atoms with E-state index in [0.717, 1.165) is 11.1 Å². The second-order valence-electron chi connectivity index (χ2n) is 3.29. The third-order valence-corrected chi connectivity index (χ3v) is 2.89. The molecule has 2 aromatic rings. The molecule has 78 valence electrons. The quantitative estimate of drug-likeness (QED) is 0.727. The van der Waals surface area contributed by atoms with Gasteiger partial charge in [0.25, 0.3) is 0 Å². The molecule has 0 spiro atoms. The summed E-state index contributed by atoms with van der Waals surface area (Å²) in [7, 11) is 0. The van der Waals surface area contributed by atoms with Crippen molar-refractivity contribution in [2.24, 2.45) is 0 Å². The maximum absolute atomic E-state index is 8.81. The molecule has 0 aliphatic carbocycles. The molecule has 0 aliphatic heterocycles. The van der Waals surface area contributed by atoms with E-state index in [1.54, 1.807) is 12.1 Å². The number of hydrogen-bond donors (Lipinski definition) is 0. The average Bonchev–Trinajstić information content (AvgIpc) is 2.32. The van der Waals surface area contributed by atoms with Crippen LogP contribution in [0.3, 0.4) is 0 Å². The normalized spacial score (nSPS) is 9.81. The minimum atomic E-state index is 0.395. The van der Waals surface area contributed by atoms with Crippen LogP contribution in [-0.4, -0.2) is 0 Å². The van der Waals surface area contributed by atoms with Crippen LogP contribution in [0, 0.1) is 11.3 Å². The third kappa shape index (κ3) is 2.04. The lowest BCUT2D eigenvalue weighted by atomic mass is 10.0. The lowest BCUT2D eigenvalue weighted by molar-refractivity contribution is 1.48. The van der Waals surface area contributed by atoms with Crippen LogP contribution in [0.4, 0.5) is 0 Å². The summed E-state index contributed by atoms with van der Waals surface area (Å²) in [6, 6.07) is 15.0. The number of hydrogen-bond acceptors (Lipinski definition) is 1. The summed E-state index contributed by atoms with van der Waals surface area (Å²) >= 11 is 12.1. The number of rotatable bonds is 1. The van der Waals surface area contributed by atoms with E-state index in [4.69, 9.17) is 28.5 Å². The SMILES string of the molecule is N#Cc1cc(Cl)c(-c2ccccc2)cc1Cl. The molecule has 0 amide bonds. The first-order valence-corrected chi connectivity index (χ1v) is 5.42. The fourth-order valence-electron chi connectivity index (χ4n) is 1.47. The maximum Gasteiger partial charge on any atom is 0.101 e. The van der Waals surface area contributed by atoms with Gasteiger partial charge in [-0.05, 0) is 17.7 Å². The first-order chi connectivity index (χ1) is 7.72. The van der Waals surface area contributed by atoms with E-state index in [0.29, 0.717) is 15.6 Å². The molecule has 0 saturated carbocycles. The first-order valence-electron chi connectivity index (χ1n) is 4.67. The van der Waals surface area contributed by atoms with Gasteiger partial charge in [0.15, 0.2) is 0 Å². The summed E-state index contributed by atoms with van der Waals surface area (Å²) in [6.07, 6.45) is 0. The van der Waals surface area contributed by atoms with Gasteiger partial charge < -0.3 is 0 Å². The standard InChI is InChI=1S/C13H7Cl2N/c14-12-7-11(9-4-2-1-3-5-9)13(15)6-10(12)8-16/h1-7H. The maximum atomic E-state index is 8.81. The van der Waals surface area contributed by atoms with Gasteiger partial charge >= 0.3 is 0 Å². The van der Waals surface area contributed by atoms with Gasteiger partial charge in [0.05, 0.1) is 10.6 Å². The van der Waals surface area contributed by atoms with E-state index in [9.17, 15) is 0 Å². The summed E-state index contributed by atoms with van der Waals surface area (Å²) < 4.78 is 0. The Kier molecular flexibility index (Phi) is 3.14. The molecule has 0 bridgehead atoms. The highest BCUT2D eigenvalue weighted by Gasteiger charge is 2.08. The van der Waals surface area contributed by atoms with Crippen LogP contribution in [0.2, 0.25) is 10.0 Å². The van der Waals surface area contributed by atoms with Crippen molar-refractivity contribution in [3.63, 3.8) is 0 Å². The van der Waals surface area contributed by atoms with E-state index >= 15 is 0 Å². The Bertz CT molecular complexity index is 556. The van der Waals surface area contributed by atoms with Crippen molar-refractivity contribution in [1.29, 1.82) is 5.26 Å². The van der Waals surface area contributed by atoms with E-state index in [1.807, 2.05) is 36.4 Å². The molecular weight excluding hydrogens is 241 g/mol. The zero-order valence-electron chi connectivity index (χ0n) is 8.24. The van der Waals surface area contributed by atoms with Crippen LogP contribution in [-0.2, 0) is 0 Å². The highest BCUT2D eigenvalue weighted by molar-refractivity contribution is 6.36. The molecule has 0 aliphatic rings. The number of nitrogens with zero attached hydrogens (tertiary/aromatic N) is 1. The highest BCUT2D eigenvalue weighted by Crippen LogP contribution is 2.32. The summed E-state index contributed by atoms with van der Waals surface area (Å²) in [5.74, 6) is 0. The molecular formula is C13H7Cl2N. The molecule has 0 heterocycles. The summed E-state index contributed by atoms with van der Waals surface area (Å²) in [6.45, 7) is 0. The minimum Gasteiger partial charge on any atom is -0.192 e. The molecule has 0 radical (unpaired) electrons. The van der Waals surface area contributed by atoms with E-state index in [2.05, 4.69) is 0 Å². The highest BCUT2D eigenvalue weighted by atomic mass is 35.5. The molecule has 16 heavy (non-hydrogen) atoms. The van der Waals surface area contributed by atoms with Gasteiger partial charge in [-0.2, -0.15) is 5.26 Å². The Morgan fingerprint density at radius 3 is 2.25 bits per heavy atom. The zero-order chi connectivity index (χ0) is 11.5. The van der Waals surface area contributed by atoms with Crippen molar-refractivity contribution in [3.05, 3.63) is 58.1 Å². The van der Waals surface area contributed by atoms with Gasteiger partial charge in [0, 0.05) is 10.6 Å². The average molecular weight is 248 g/mol. The molecule has 2 rings (SSSR count). The number of nitriles is 1. The smallest absolute Gasteiger partial charge is 0.101 e. The molecule has 0 aromatic heterocycles. The second-order valence-corrected chi connectivity index (χ2v) is 4.10. The zero-order valence-corrected chi connectivity index (χ0v) is 9.76. The van der Waals surface area contributed by atoms with Gasteiger partial charge in [0.2, 0.25) is 0 Å². The Hall–Kier alpha value is -1.49. The molecule has 0 N–H and O–H groups in total. The molecule has 0 unspecified atom stereocenters. The lowest BCUT2D eigenvalue weighted by Gasteiger charge is -2.06. The molecule has 0 atom stereocenters. The summed E-state index contributed by atoms with van der Waals surface area (Å²) in [5.41, 5.74) is 2.22. The first kappa shape index (κ1) is 11.0. The Morgan fingerprint density at radius 1 is 0.938 bits per heavy atom. The third-order valence-electron chi connectivity index (χ3n) is 2.26. The van der Waals surface area contributed by atoms with Crippen LogP contribution in [0.15, 0.2) is 42.5 Å². The van der Waals surface area contributed by atoms with Crippen molar-refractivity contribution in [2.75, 3.05) is 0 Å².